The molecule has 0 aliphatic carbocycles. The predicted octanol–water partition coefficient (Wildman–Crippen LogP) is 3.93. The molecule has 8 heteroatoms. The molecule has 0 spiro atoms. The van der Waals surface area contributed by atoms with Gasteiger partial charge in [-0.1, -0.05) is 19.1 Å². The topological polar surface area (TPSA) is 44.2 Å². The van der Waals surface area contributed by atoms with Gasteiger partial charge >= 0.3 is 0 Å². The lowest BCUT2D eigenvalue weighted by Gasteiger charge is -2.22. The second kappa shape index (κ2) is 6.91. The molecule has 0 radical (unpaired) electrons. The van der Waals surface area contributed by atoms with Gasteiger partial charge in [0.1, 0.15) is 0 Å². The van der Waals surface area contributed by atoms with Gasteiger partial charge in [-0.25, -0.2) is 0 Å². The Labute approximate surface area is 126 Å². The third-order valence-corrected chi connectivity index (χ3v) is 5.26. The minimum absolute atomic E-state index is 0.0446. The van der Waals surface area contributed by atoms with E-state index in [-0.39, 0.29) is 11.8 Å². The van der Waals surface area contributed by atoms with Gasteiger partial charge in [-0.05, 0) is 30.4 Å². The van der Waals surface area contributed by atoms with Gasteiger partial charge in [0.2, 0.25) is 23.7 Å². The van der Waals surface area contributed by atoms with Crippen LogP contribution in [0.5, 0.6) is 11.8 Å². The molecule has 0 aromatic carbocycles. The van der Waals surface area contributed by atoms with Crippen molar-refractivity contribution in [3.8, 4) is 11.8 Å². The molecule has 0 aliphatic heterocycles. The quantitative estimate of drug-likeness (QED) is 0.593. The zero-order valence-electron chi connectivity index (χ0n) is 11.2. The van der Waals surface area contributed by atoms with Crippen molar-refractivity contribution in [2.24, 2.45) is 0 Å². The second-order valence-corrected chi connectivity index (χ2v) is 7.82. The number of rotatable bonds is 6. The molecule has 112 valence electrons. The number of hydrogen-bond donors (Lipinski definition) is 0. The summed E-state index contributed by atoms with van der Waals surface area (Å²) in [6, 6.07) is 8.30. The molecule has 4 nitrogen and oxygen atoms in total. The van der Waals surface area contributed by atoms with Gasteiger partial charge in [-0.2, -0.15) is 18.7 Å². The minimum Gasteiger partial charge on any atom is -0.417 e. The first kappa shape index (κ1) is 15.8. The SMILES string of the molecule is CCCP(=S)(Oc1cccc(F)n1)Oc1cccc(F)n1. The normalized spacial score (nSPS) is 11.2. The van der Waals surface area contributed by atoms with Crippen molar-refractivity contribution in [3.05, 3.63) is 48.3 Å². The number of aromatic nitrogens is 2. The molecule has 0 fully saturated rings. The van der Waals surface area contributed by atoms with Crippen molar-refractivity contribution in [3.63, 3.8) is 0 Å². The molecule has 2 aromatic heterocycles. The van der Waals surface area contributed by atoms with Gasteiger partial charge in [0.05, 0.1) is 0 Å². The number of halogens is 2. The van der Waals surface area contributed by atoms with Crippen LogP contribution in [0.3, 0.4) is 0 Å². The lowest BCUT2D eigenvalue weighted by Crippen LogP contribution is -2.06. The van der Waals surface area contributed by atoms with E-state index < -0.39 is 18.4 Å². The Morgan fingerprint density at radius 2 is 1.48 bits per heavy atom. The standard InChI is InChI=1S/C13H13F2N2O2PS/c1-2-9-20(21,18-12-7-3-5-10(14)16-12)19-13-8-4-6-11(15)17-13/h3-8H,2,9H2,1H3. The van der Waals surface area contributed by atoms with E-state index in [4.69, 9.17) is 20.9 Å². The minimum atomic E-state index is -2.83. The first-order chi connectivity index (χ1) is 10.0. The van der Waals surface area contributed by atoms with Crippen molar-refractivity contribution in [2.75, 3.05) is 6.16 Å². The van der Waals surface area contributed by atoms with Gasteiger partial charge in [0.15, 0.2) is 0 Å². The Bertz CT molecular complexity index is 621. The summed E-state index contributed by atoms with van der Waals surface area (Å²) in [7, 11) is 0. The zero-order valence-corrected chi connectivity index (χ0v) is 12.9. The molecule has 0 bridgehead atoms. The first-order valence-electron chi connectivity index (χ1n) is 6.24. The molecule has 2 heterocycles. The average molecular weight is 330 g/mol. The summed E-state index contributed by atoms with van der Waals surface area (Å²) < 4.78 is 37.3. The number of pyridine rings is 2. The molecule has 0 atom stereocenters. The van der Waals surface area contributed by atoms with Crippen LogP contribution in [-0.2, 0) is 11.8 Å². The van der Waals surface area contributed by atoms with Crippen LogP contribution in [0.1, 0.15) is 13.3 Å². The molecule has 0 saturated heterocycles. The fraction of sp³-hybridized carbons (Fsp3) is 0.231. The summed E-state index contributed by atoms with van der Waals surface area (Å²) in [4.78, 5) is 7.19. The van der Waals surface area contributed by atoms with E-state index in [0.29, 0.717) is 12.6 Å². The Morgan fingerprint density at radius 1 is 1.00 bits per heavy atom. The summed E-state index contributed by atoms with van der Waals surface area (Å²) in [6.45, 7) is -0.919. The zero-order chi connectivity index (χ0) is 15.3. The van der Waals surface area contributed by atoms with Crippen LogP contribution in [0, 0.1) is 11.9 Å². The van der Waals surface area contributed by atoms with Crippen molar-refractivity contribution >= 4 is 18.3 Å². The van der Waals surface area contributed by atoms with E-state index in [1.165, 1.54) is 36.4 Å². The third kappa shape index (κ3) is 4.72. The van der Waals surface area contributed by atoms with Crippen LogP contribution in [0.15, 0.2) is 36.4 Å². The highest BCUT2D eigenvalue weighted by molar-refractivity contribution is 8.10. The molecular formula is C13H13F2N2O2PS. The van der Waals surface area contributed by atoms with Gasteiger partial charge in [0.25, 0.3) is 6.49 Å². The van der Waals surface area contributed by atoms with Gasteiger partial charge in [-0.3, -0.25) is 0 Å². The molecule has 21 heavy (non-hydrogen) atoms. The Hall–Kier alpha value is -1.59. The largest absolute Gasteiger partial charge is 0.417 e. The number of hydrogen-bond acceptors (Lipinski definition) is 5. The van der Waals surface area contributed by atoms with Crippen LogP contribution in [0.25, 0.3) is 0 Å². The van der Waals surface area contributed by atoms with E-state index in [1.807, 2.05) is 6.92 Å². The molecule has 2 aromatic rings. The Morgan fingerprint density at radius 3 is 1.86 bits per heavy atom. The summed E-state index contributed by atoms with van der Waals surface area (Å²) >= 11 is 5.39. The van der Waals surface area contributed by atoms with Crippen LogP contribution in [0.2, 0.25) is 0 Å². The van der Waals surface area contributed by atoms with Crippen molar-refractivity contribution in [1.29, 1.82) is 0 Å². The molecule has 0 N–H and O–H groups in total. The van der Waals surface area contributed by atoms with E-state index in [1.54, 1.807) is 0 Å². The smallest absolute Gasteiger partial charge is 0.290 e. The molecular weight excluding hydrogens is 317 g/mol. The Balaban J connectivity index is 2.21. The maximum absolute atomic E-state index is 13.1. The lowest BCUT2D eigenvalue weighted by molar-refractivity contribution is 0.446. The van der Waals surface area contributed by atoms with Crippen molar-refractivity contribution < 1.29 is 17.8 Å². The molecule has 0 unspecified atom stereocenters. The monoisotopic (exact) mass is 330 g/mol. The summed E-state index contributed by atoms with van der Waals surface area (Å²) in [5.74, 6) is -1.25. The molecule has 0 amide bonds. The fourth-order valence-electron chi connectivity index (χ4n) is 1.55. The second-order valence-electron chi connectivity index (χ2n) is 4.11. The third-order valence-electron chi connectivity index (χ3n) is 2.34. The van der Waals surface area contributed by atoms with E-state index >= 15 is 0 Å². The molecule has 0 saturated carbocycles. The highest BCUT2D eigenvalue weighted by atomic mass is 32.5. The van der Waals surface area contributed by atoms with Gasteiger partial charge in [-0.15, -0.1) is 0 Å². The summed E-state index contributed by atoms with van der Waals surface area (Å²) in [6.07, 6.45) is 1.13. The van der Waals surface area contributed by atoms with Crippen LogP contribution in [0.4, 0.5) is 8.78 Å². The van der Waals surface area contributed by atoms with E-state index in [2.05, 4.69) is 9.97 Å². The Kier molecular flexibility index (Phi) is 5.20. The highest BCUT2D eigenvalue weighted by Gasteiger charge is 2.23. The maximum atomic E-state index is 13.1. The van der Waals surface area contributed by atoms with Crippen LogP contribution < -0.4 is 9.05 Å². The van der Waals surface area contributed by atoms with Gasteiger partial charge < -0.3 is 9.05 Å². The van der Waals surface area contributed by atoms with Crippen LogP contribution in [-0.4, -0.2) is 16.1 Å². The lowest BCUT2D eigenvalue weighted by atomic mass is 10.5. The van der Waals surface area contributed by atoms with Crippen molar-refractivity contribution in [2.45, 2.75) is 13.3 Å². The van der Waals surface area contributed by atoms with Gasteiger partial charge in [0, 0.05) is 18.3 Å². The number of nitrogens with zero attached hydrogens (tertiary/aromatic N) is 2. The van der Waals surface area contributed by atoms with Crippen molar-refractivity contribution in [1.82, 2.24) is 9.97 Å². The summed E-state index contributed by atoms with van der Waals surface area (Å²) in [5, 5.41) is 0. The predicted molar refractivity (Wildman–Crippen MR) is 79.1 cm³/mol. The van der Waals surface area contributed by atoms with E-state index in [0.717, 1.165) is 0 Å². The molecule has 2 rings (SSSR count). The maximum Gasteiger partial charge on any atom is 0.290 e. The first-order valence-corrected chi connectivity index (χ1v) is 9.06. The summed E-state index contributed by atoms with van der Waals surface area (Å²) in [5.41, 5.74) is 0. The van der Waals surface area contributed by atoms with E-state index in [9.17, 15) is 8.78 Å². The average Bonchev–Trinajstić information content (AvgIpc) is 2.38. The molecule has 0 aliphatic rings. The fourth-order valence-corrected chi connectivity index (χ4v) is 4.10. The highest BCUT2D eigenvalue weighted by Crippen LogP contribution is 2.48. The van der Waals surface area contributed by atoms with Crippen LogP contribution >= 0.6 is 6.49 Å².